The normalized spacial score (nSPS) is 18.9. The summed E-state index contributed by atoms with van der Waals surface area (Å²) in [4.78, 5) is 28.3. The quantitative estimate of drug-likeness (QED) is 0.471. The molecule has 1 amide bonds. The molecular weight excluding hydrogens is 546 g/mol. The van der Waals surface area contributed by atoms with Crippen LogP contribution in [-0.2, 0) is 14.9 Å². The van der Waals surface area contributed by atoms with Crippen molar-refractivity contribution in [3.63, 3.8) is 0 Å². The minimum atomic E-state index is -4.16. The van der Waals surface area contributed by atoms with Gasteiger partial charge >= 0.3 is 21.9 Å². The lowest BCUT2D eigenvalue weighted by atomic mass is 10.2. The van der Waals surface area contributed by atoms with Gasteiger partial charge in [0, 0.05) is 31.2 Å². The molecule has 1 aromatic heterocycles. The number of rotatable bonds is 1. The molecule has 0 spiro atoms. The summed E-state index contributed by atoms with van der Waals surface area (Å²) in [5.74, 6) is 0.152. The summed E-state index contributed by atoms with van der Waals surface area (Å²) >= 11 is 6.13. The number of anilines is 1. The predicted molar refractivity (Wildman–Crippen MR) is 149 cm³/mol. The second-order valence-electron chi connectivity index (χ2n) is 10.3. The third-order valence-electron chi connectivity index (χ3n) is 6.20. The number of nitrogens with zero attached hydrogens (tertiary/aromatic N) is 5. The molecule has 3 aliphatic rings. The highest BCUT2D eigenvalue weighted by Crippen LogP contribution is 2.27. The van der Waals surface area contributed by atoms with Crippen molar-refractivity contribution in [2.75, 3.05) is 44.2 Å². The zero-order valence-corrected chi connectivity index (χ0v) is 23.9. The lowest BCUT2D eigenvalue weighted by molar-refractivity contribution is 0.0395. The van der Waals surface area contributed by atoms with Crippen molar-refractivity contribution in [2.24, 2.45) is 0 Å². The molecule has 0 unspecified atom stereocenters. The number of hydrogen-bond acceptors (Lipinski definition) is 8. The molecule has 212 valence electrons. The molecule has 0 N–H and O–H groups in total. The summed E-state index contributed by atoms with van der Waals surface area (Å²) in [7, 11) is -4.16. The molecular formula is C26H34ClN5O6S. The Kier molecular flexibility index (Phi) is 8.87. The number of aromatic nitrogens is 2. The van der Waals surface area contributed by atoms with Crippen molar-refractivity contribution >= 4 is 33.6 Å². The van der Waals surface area contributed by atoms with Gasteiger partial charge in [0.2, 0.25) is 5.75 Å². The lowest BCUT2D eigenvalue weighted by Gasteiger charge is -2.37. The summed E-state index contributed by atoms with van der Waals surface area (Å²) in [5.41, 5.74) is -0.276. The zero-order valence-electron chi connectivity index (χ0n) is 22.4. The molecule has 0 atom stereocenters. The molecule has 13 heteroatoms. The van der Waals surface area contributed by atoms with Gasteiger partial charge in [-0.2, -0.15) is 26.8 Å². The van der Waals surface area contributed by atoms with Crippen molar-refractivity contribution in [2.45, 2.75) is 45.6 Å². The summed E-state index contributed by atoms with van der Waals surface area (Å²) in [6, 6.07) is 6.82. The number of allylic oxidation sites excluding steroid dienone is 1. The highest BCUT2D eigenvalue weighted by Gasteiger charge is 2.38. The maximum atomic E-state index is 13.5. The predicted octanol–water partition coefficient (Wildman–Crippen LogP) is 3.61. The Morgan fingerprint density at radius 1 is 1.10 bits per heavy atom. The maximum absolute atomic E-state index is 13.5. The number of fused-ring (bicyclic) bond motifs is 10. The van der Waals surface area contributed by atoms with Crippen molar-refractivity contribution in [1.82, 2.24) is 18.4 Å². The zero-order chi connectivity index (χ0) is 28.2. The minimum Gasteiger partial charge on any atom is -0.486 e. The fraction of sp³-hybridized carbons (Fsp3) is 0.500. The molecule has 1 saturated heterocycles. The van der Waals surface area contributed by atoms with Gasteiger partial charge in [-0.25, -0.2) is 4.79 Å². The van der Waals surface area contributed by atoms with E-state index in [2.05, 4.69) is 5.10 Å². The van der Waals surface area contributed by atoms with Crippen molar-refractivity contribution < 1.29 is 22.7 Å². The van der Waals surface area contributed by atoms with Crippen LogP contribution >= 0.6 is 11.6 Å². The van der Waals surface area contributed by atoms with Gasteiger partial charge in [-0.3, -0.25) is 4.79 Å². The Balaban J connectivity index is 1.66. The molecule has 2 aromatic rings. The number of piperazine rings is 1. The Morgan fingerprint density at radius 2 is 1.85 bits per heavy atom. The topological polar surface area (TPSA) is 114 Å². The van der Waals surface area contributed by atoms with Gasteiger partial charge in [0.1, 0.15) is 11.3 Å². The van der Waals surface area contributed by atoms with Gasteiger partial charge in [-0.1, -0.05) is 29.8 Å². The van der Waals surface area contributed by atoms with E-state index in [4.69, 9.17) is 21.1 Å². The molecule has 4 heterocycles. The number of carbonyl (C=O) groups is 1. The van der Waals surface area contributed by atoms with E-state index in [1.165, 1.54) is 8.99 Å². The van der Waals surface area contributed by atoms with Crippen LogP contribution in [0.3, 0.4) is 0 Å². The number of amides is 1. The van der Waals surface area contributed by atoms with E-state index in [0.717, 1.165) is 10.7 Å². The Morgan fingerprint density at radius 3 is 2.54 bits per heavy atom. The molecule has 2 bridgehead atoms. The van der Waals surface area contributed by atoms with Crippen molar-refractivity contribution in [3.8, 4) is 11.4 Å². The highest BCUT2D eigenvalue weighted by molar-refractivity contribution is 7.87. The van der Waals surface area contributed by atoms with Crippen LogP contribution in [0.4, 0.5) is 10.5 Å². The fourth-order valence-electron chi connectivity index (χ4n) is 4.28. The number of hydrogen-bond donors (Lipinski definition) is 0. The van der Waals surface area contributed by atoms with E-state index < -0.39 is 27.5 Å². The molecule has 5 rings (SSSR count). The summed E-state index contributed by atoms with van der Waals surface area (Å²) in [5, 5.41) is 4.83. The van der Waals surface area contributed by atoms with Crippen LogP contribution in [0.15, 0.2) is 47.4 Å². The number of halogens is 1. The van der Waals surface area contributed by atoms with Gasteiger partial charge in [0.05, 0.1) is 25.0 Å². The summed E-state index contributed by atoms with van der Waals surface area (Å²) < 4.78 is 41.8. The van der Waals surface area contributed by atoms with E-state index in [1.54, 1.807) is 57.3 Å². The second kappa shape index (κ2) is 12.0. The van der Waals surface area contributed by atoms with Crippen LogP contribution in [0.5, 0.6) is 5.75 Å². The van der Waals surface area contributed by atoms with E-state index >= 15 is 0 Å². The van der Waals surface area contributed by atoms with Crippen LogP contribution in [0.25, 0.3) is 5.69 Å². The molecule has 0 aliphatic carbocycles. The monoisotopic (exact) mass is 579 g/mol. The largest absolute Gasteiger partial charge is 0.486 e. The van der Waals surface area contributed by atoms with Gasteiger partial charge in [-0.05, 0) is 58.2 Å². The van der Waals surface area contributed by atoms with E-state index in [0.29, 0.717) is 35.8 Å². The first kappa shape index (κ1) is 28.9. The average molecular weight is 580 g/mol. The first-order chi connectivity index (χ1) is 18.5. The second-order valence-corrected chi connectivity index (χ2v) is 12.6. The molecule has 0 radical (unpaired) electrons. The summed E-state index contributed by atoms with van der Waals surface area (Å²) in [6.07, 6.45) is 6.20. The fourth-order valence-corrected chi connectivity index (χ4v) is 5.87. The van der Waals surface area contributed by atoms with Gasteiger partial charge in [0.15, 0.2) is 0 Å². The number of ether oxygens (including phenoxy) is 2. The standard InChI is InChI=1S/C26H34ClN5O6S/c1-26(2,3)38-25(34)31-12-7-5-4-6-8-17-37-23-22(29-13-15-30(16-14-29)39(31,35)36)19-28-32(24(23)33)21-11-9-10-20(27)18-21/h5,7,9-11,18-19H,4,6,8,12-17H2,1-3H3. The Labute approximate surface area is 233 Å². The van der Waals surface area contributed by atoms with Crippen molar-refractivity contribution in [3.05, 3.63) is 58.0 Å². The van der Waals surface area contributed by atoms with Crippen LogP contribution < -0.4 is 15.2 Å². The molecule has 0 saturated carbocycles. The van der Waals surface area contributed by atoms with Crippen molar-refractivity contribution in [1.29, 1.82) is 0 Å². The van der Waals surface area contributed by atoms with Gasteiger partial charge in [-0.15, -0.1) is 0 Å². The third kappa shape index (κ3) is 6.92. The van der Waals surface area contributed by atoms with Crippen LogP contribution in [-0.4, -0.2) is 77.8 Å². The molecule has 11 nitrogen and oxygen atoms in total. The average Bonchev–Trinajstić information content (AvgIpc) is 2.86. The van der Waals surface area contributed by atoms with Crippen LogP contribution in [0, 0.1) is 0 Å². The third-order valence-corrected chi connectivity index (χ3v) is 8.31. The van der Waals surface area contributed by atoms with Gasteiger partial charge in [0.25, 0.3) is 0 Å². The first-order valence-electron chi connectivity index (χ1n) is 12.9. The minimum absolute atomic E-state index is 0.0994. The smallest absolute Gasteiger partial charge is 0.425 e. The molecule has 39 heavy (non-hydrogen) atoms. The van der Waals surface area contributed by atoms with Crippen LogP contribution in [0.1, 0.15) is 40.0 Å². The van der Waals surface area contributed by atoms with E-state index in [9.17, 15) is 18.0 Å². The first-order valence-corrected chi connectivity index (χ1v) is 14.7. The number of benzene rings is 1. The molecule has 1 aromatic carbocycles. The SMILES string of the molecule is CC(C)(C)OC(=O)N1CC=CCCCCOc2c(cnn(-c3cccc(Cl)c3)c2=O)N2CCN(CC2)S1(=O)=O. The van der Waals surface area contributed by atoms with Gasteiger partial charge < -0.3 is 14.4 Å². The summed E-state index contributed by atoms with van der Waals surface area (Å²) in [6.45, 7) is 6.03. The molecule has 3 aliphatic heterocycles. The Bertz CT molecular complexity index is 1380. The molecule has 1 fully saturated rings. The highest BCUT2D eigenvalue weighted by atomic mass is 35.5. The van der Waals surface area contributed by atoms with E-state index in [1.807, 2.05) is 11.0 Å². The van der Waals surface area contributed by atoms with Crippen LogP contribution in [0.2, 0.25) is 5.02 Å². The number of carbonyl (C=O) groups excluding carboxylic acids is 1. The Hall–Kier alpha value is -3.09. The maximum Gasteiger partial charge on any atom is 0.425 e. The lowest BCUT2D eigenvalue weighted by Crippen LogP contribution is -2.55. The van der Waals surface area contributed by atoms with E-state index in [-0.39, 0.29) is 38.5 Å².